The first-order chi connectivity index (χ1) is 11.5. The minimum atomic E-state index is -0.818. The van der Waals surface area contributed by atoms with E-state index in [4.69, 9.17) is 9.47 Å². The maximum atomic E-state index is 12.9. The Balaban J connectivity index is 1.82. The maximum Gasteiger partial charge on any atom is 0.235 e. The molecule has 0 bridgehead atoms. The molecule has 5 nitrogen and oxygen atoms in total. The highest BCUT2D eigenvalue weighted by molar-refractivity contribution is 6.16. The summed E-state index contributed by atoms with van der Waals surface area (Å²) in [5, 5.41) is 2.64. The van der Waals surface area contributed by atoms with Crippen LogP contribution in [0.25, 0.3) is 0 Å². The van der Waals surface area contributed by atoms with E-state index in [-0.39, 0.29) is 5.78 Å². The van der Waals surface area contributed by atoms with Crippen LogP contribution < -0.4 is 14.8 Å². The van der Waals surface area contributed by atoms with E-state index in [1.54, 1.807) is 12.1 Å². The second kappa shape index (κ2) is 6.31. The van der Waals surface area contributed by atoms with Gasteiger partial charge in [-0.25, -0.2) is 4.39 Å². The van der Waals surface area contributed by atoms with Crippen molar-refractivity contribution >= 4 is 17.4 Å². The summed E-state index contributed by atoms with van der Waals surface area (Å²) in [7, 11) is 3.00. The first-order valence-electron chi connectivity index (χ1n) is 7.39. The molecule has 0 saturated carbocycles. The van der Waals surface area contributed by atoms with Crippen molar-refractivity contribution in [3.63, 3.8) is 0 Å². The second-order valence-electron chi connectivity index (χ2n) is 5.48. The molecule has 0 radical (unpaired) electrons. The fraction of sp³-hybridized carbons (Fsp3) is 0.222. The predicted octanol–water partition coefficient (Wildman–Crippen LogP) is 2.84. The monoisotopic (exact) mass is 329 g/mol. The molecule has 2 aromatic rings. The minimum absolute atomic E-state index is 0.259. The van der Waals surface area contributed by atoms with E-state index in [1.165, 1.54) is 38.5 Å². The van der Waals surface area contributed by atoms with Gasteiger partial charge in [-0.1, -0.05) is 0 Å². The predicted molar refractivity (Wildman–Crippen MR) is 86.1 cm³/mol. The molecule has 1 atom stereocenters. The number of carbonyl (C=O) groups is 2. The molecule has 0 aromatic heterocycles. The quantitative estimate of drug-likeness (QED) is 0.876. The summed E-state index contributed by atoms with van der Waals surface area (Å²) in [6.45, 7) is 0. The van der Waals surface area contributed by atoms with Crippen LogP contribution in [-0.2, 0) is 11.2 Å². The summed E-state index contributed by atoms with van der Waals surface area (Å²) in [5.41, 5.74) is 1.66. The van der Waals surface area contributed by atoms with E-state index >= 15 is 0 Å². The lowest BCUT2D eigenvalue weighted by atomic mass is 10.0. The number of nitrogens with one attached hydrogen (secondary N) is 1. The van der Waals surface area contributed by atoms with Crippen LogP contribution in [0.15, 0.2) is 36.4 Å². The van der Waals surface area contributed by atoms with Gasteiger partial charge in [-0.05, 0) is 48.4 Å². The molecule has 0 spiro atoms. The molecule has 124 valence electrons. The highest BCUT2D eigenvalue weighted by atomic mass is 19.1. The number of hydrogen-bond donors (Lipinski definition) is 1. The third-order valence-corrected chi connectivity index (χ3v) is 4.04. The van der Waals surface area contributed by atoms with Crippen LogP contribution in [-0.4, -0.2) is 25.9 Å². The Labute approximate surface area is 138 Å². The number of halogens is 1. The lowest BCUT2D eigenvalue weighted by Gasteiger charge is -2.09. The molecule has 0 aliphatic heterocycles. The second-order valence-corrected chi connectivity index (χ2v) is 5.48. The van der Waals surface area contributed by atoms with Gasteiger partial charge in [0.05, 0.1) is 14.2 Å². The van der Waals surface area contributed by atoms with Crippen molar-refractivity contribution < 1.29 is 23.5 Å². The lowest BCUT2D eigenvalue weighted by Crippen LogP contribution is -2.27. The molecule has 0 heterocycles. The number of hydrogen-bond acceptors (Lipinski definition) is 4. The molecule has 0 saturated heterocycles. The lowest BCUT2D eigenvalue weighted by molar-refractivity contribution is -0.118. The van der Waals surface area contributed by atoms with Gasteiger partial charge in [0.1, 0.15) is 11.7 Å². The van der Waals surface area contributed by atoms with Crippen LogP contribution in [0.4, 0.5) is 10.1 Å². The van der Waals surface area contributed by atoms with Gasteiger partial charge < -0.3 is 14.8 Å². The van der Waals surface area contributed by atoms with Crippen molar-refractivity contribution in [1.29, 1.82) is 0 Å². The molecular weight excluding hydrogens is 313 g/mol. The van der Waals surface area contributed by atoms with Crippen molar-refractivity contribution in [3.8, 4) is 11.5 Å². The smallest absolute Gasteiger partial charge is 0.235 e. The van der Waals surface area contributed by atoms with E-state index in [9.17, 15) is 14.0 Å². The minimum Gasteiger partial charge on any atom is -0.493 e. The van der Waals surface area contributed by atoms with Crippen molar-refractivity contribution in [1.82, 2.24) is 0 Å². The van der Waals surface area contributed by atoms with Crippen molar-refractivity contribution in [2.45, 2.75) is 6.42 Å². The van der Waals surface area contributed by atoms with Gasteiger partial charge in [0.25, 0.3) is 0 Å². The third-order valence-electron chi connectivity index (χ3n) is 4.04. The van der Waals surface area contributed by atoms with Gasteiger partial charge in [-0.2, -0.15) is 0 Å². The van der Waals surface area contributed by atoms with Crippen LogP contribution in [0.2, 0.25) is 0 Å². The Hall–Kier alpha value is -2.89. The van der Waals surface area contributed by atoms with Gasteiger partial charge >= 0.3 is 0 Å². The number of methoxy groups -OCH3 is 2. The molecule has 6 heteroatoms. The normalized spacial score (nSPS) is 15.8. The van der Waals surface area contributed by atoms with Gasteiger partial charge in [0, 0.05) is 11.3 Å². The Kier molecular flexibility index (Phi) is 4.20. The number of carbonyl (C=O) groups excluding carboxylic acids is 2. The Bertz CT molecular complexity index is 801. The Morgan fingerprint density at radius 2 is 1.75 bits per heavy atom. The van der Waals surface area contributed by atoms with Gasteiger partial charge in [0.2, 0.25) is 5.91 Å². The van der Waals surface area contributed by atoms with Crippen molar-refractivity contribution in [2.24, 2.45) is 5.92 Å². The average molecular weight is 329 g/mol. The summed E-state index contributed by atoms with van der Waals surface area (Å²) in [5.74, 6) is -0.919. The van der Waals surface area contributed by atoms with E-state index in [0.717, 1.165) is 5.56 Å². The molecule has 24 heavy (non-hydrogen) atoms. The largest absolute Gasteiger partial charge is 0.493 e. The summed E-state index contributed by atoms with van der Waals surface area (Å²) >= 11 is 0. The molecule has 2 aromatic carbocycles. The van der Waals surface area contributed by atoms with Crippen molar-refractivity contribution in [3.05, 3.63) is 53.3 Å². The number of amides is 1. The average Bonchev–Trinajstić information content (AvgIpc) is 2.91. The zero-order valence-corrected chi connectivity index (χ0v) is 13.3. The number of ether oxygens (including phenoxy) is 2. The molecular formula is C18H16FNO4. The van der Waals surface area contributed by atoms with Gasteiger partial charge in [0.15, 0.2) is 17.3 Å². The van der Waals surface area contributed by atoms with Crippen LogP contribution in [0, 0.1) is 11.7 Å². The summed E-state index contributed by atoms with van der Waals surface area (Å²) in [4.78, 5) is 24.9. The topological polar surface area (TPSA) is 64.6 Å². The summed E-state index contributed by atoms with van der Waals surface area (Å²) in [6.07, 6.45) is 0.293. The van der Waals surface area contributed by atoms with Crippen LogP contribution in [0.3, 0.4) is 0 Å². The molecule has 1 unspecified atom stereocenters. The van der Waals surface area contributed by atoms with Crippen LogP contribution in [0.5, 0.6) is 11.5 Å². The fourth-order valence-electron chi connectivity index (χ4n) is 2.79. The first kappa shape index (κ1) is 16.0. The number of fused-ring (bicyclic) bond motifs is 1. The number of anilines is 1. The molecule has 1 aliphatic rings. The standard InChI is InChI=1S/C18H16FNO4/c1-23-15-8-10-7-14(17(21)13(10)9-16(15)24-2)18(22)20-12-5-3-11(19)4-6-12/h3-6,8-9,14H,7H2,1-2H3,(H,20,22). The molecule has 0 fully saturated rings. The highest BCUT2D eigenvalue weighted by Gasteiger charge is 2.37. The maximum absolute atomic E-state index is 12.9. The zero-order valence-electron chi connectivity index (χ0n) is 13.3. The van der Waals surface area contributed by atoms with Crippen molar-refractivity contribution in [2.75, 3.05) is 19.5 Å². The zero-order chi connectivity index (χ0) is 17.3. The third kappa shape index (κ3) is 2.82. The number of benzene rings is 2. The Morgan fingerprint density at radius 3 is 2.38 bits per heavy atom. The SMILES string of the molecule is COc1cc2c(cc1OC)C(=O)C(C(=O)Nc1ccc(F)cc1)C2. The van der Waals surface area contributed by atoms with E-state index < -0.39 is 17.6 Å². The summed E-state index contributed by atoms with van der Waals surface area (Å²) in [6, 6.07) is 8.71. The fourth-order valence-corrected chi connectivity index (χ4v) is 2.79. The van der Waals surface area contributed by atoms with Gasteiger partial charge in [-0.15, -0.1) is 0 Å². The molecule has 3 rings (SSSR count). The molecule has 1 amide bonds. The number of Topliss-reactive ketones (excluding diaryl/α,β-unsaturated/α-hetero) is 1. The van der Waals surface area contributed by atoms with Gasteiger partial charge in [-0.3, -0.25) is 9.59 Å². The highest BCUT2D eigenvalue weighted by Crippen LogP contribution is 2.37. The van der Waals surface area contributed by atoms with E-state index in [2.05, 4.69) is 5.32 Å². The van der Waals surface area contributed by atoms with E-state index in [0.29, 0.717) is 29.2 Å². The molecule has 1 aliphatic carbocycles. The molecule has 1 N–H and O–H groups in total. The first-order valence-corrected chi connectivity index (χ1v) is 7.39. The van der Waals surface area contributed by atoms with Crippen LogP contribution >= 0.6 is 0 Å². The Morgan fingerprint density at radius 1 is 1.12 bits per heavy atom. The van der Waals surface area contributed by atoms with Crippen LogP contribution in [0.1, 0.15) is 15.9 Å². The number of rotatable bonds is 4. The van der Waals surface area contributed by atoms with E-state index in [1.807, 2.05) is 0 Å². The number of ketones is 1. The summed E-state index contributed by atoms with van der Waals surface area (Å²) < 4.78 is 23.3.